The number of ketones is 1. The molecule has 22 heavy (non-hydrogen) atoms. The van der Waals surface area contributed by atoms with Gasteiger partial charge in [0.15, 0.2) is 14.1 Å². The maximum atomic E-state index is 12.5. The van der Waals surface area contributed by atoms with E-state index in [-0.39, 0.29) is 22.1 Å². The van der Waals surface area contributed by atoms with Gasteiger partial charge >= 0.3 is 6.61 Å². The van der Waals surface area contributed by atoms with E-state index in [2.05, 4.69) is 38.6 Å². The number of hydrogen-bond acceptors (Lipinski definition) is 3. The normalized spacial score (nSPS) is 12.6. The number of halogens is 2. The molecule has 1 aromatic rings. The lowest BCUT2D eigenvalue weighted by atomic mass is 10.1. The molecule has 0 N–H and O–H groups in total. The molecular weight excluding hydrogens is 306 g/mol. The molecule has 0 heterocycles. The maximum Gasteiger partial charge on any atom is 0.387 e. The average Bonchev–Trinajstić information content (AvgIpc) is 2.34. The van der Waals surface area contributed by atoms with Gasteiger partial charge in [-0.3, -0.25) is 4.79 Å². The molecule has 0 spiro atoms. The molecule has 3 nitrogen and oxygen atoms in total. The Morgan fingerprint density at radius 2 is 1.86 bits per heavy atom. The van der Waals surface area contributed by atoms with Crippen molar-refractivity contribution in [2.45, 2.75) is 59.0 Å². The van der Waals surface area contributed by atoms with E-state index in [1.165, 1.54) is 19.1 Å². The van der Waals surface area contributed by atoms with Crippen LogP contribution in [0.25, 0.3) is 0 Å². The van der Waals surface area contributed by atoms with Gasteiger partial charge in [0.1, 0.15) is 5.75 Å². The van der Waals surface area contributed by atoms with Crippen LogP contribution in [0.15, 0.2) is 18.2 Å². The lowest BCUT2D eigenvalue weighted by Crippen LogP contribution is -2.40. The first-order valence-electron chi connectivity index (χ1n) is 7.16. The zero-order chi connectivity index (χ0) is 17.1. The third-order valence-electron chi connectivity index (χ3n) is 4.05. The van der Waals surface area contributed by atoms with E-state index in [9.17, 15) is 13.6 Å². The fourth-order valence-electron chi connectivity index (χ4n) is 1.62. The fraction of sp³-hybridized carbons (Fsp3) is 0.562. The fourth-order valence-corrected chi connectivity index (χ4v) is 2.58. The first-order valence-corrected chi connectivity index (χ1v) is 10.1. The highest BCUT2D eigenvalue weighted by molar-refractivity contribution is 6.74. The number of carbonyl (C=O) groups excluding carboxylic acids is 1. The summed E-state index contributed by atoms with van der Waals surface area (Å²) in [5.74, 6) is -0.411. The summed E-state index contributed by atoms with van der Waals surface area (Å²) >= 11 is 0. The molecule has 0 aliphatic rings. The Morgan fingerprint density at radius 1 is 1.27 bits per heavy atom. The number of rotatable bonds is 6. The maximum absolute atomic E-state index is 12.5. The van der Waals surface area contributed by atoms with Crippen molar-refractivity contribution in [3.8, 4) is 5.75 Å². The van der Waals surface area contributed by atoms with Crippen LogP contribution in [0, 0.1) is 0 Å². The highest BCUT2D eigenvalue weighted by Crippen LogP contribution is 2.37. The van der Waals surface area contributed by atoms with E-state index in [1.807, 2.05) is 0 Å². The van der Waals surface area contributed by atoms with Gasteiger partial charge in [0.25, 0.3) is 0 Å². The van der Waals surface area contributed by atoms with Gasteiger partial charge in [0.05, 0.1) is 12.2 Å². The number of ether oxygens (including phenoxy) is 1. The van der Waals surface area contributed by atoms with Crippen molar-refractivity contribution < 1.29 is 22.7 Å². The average molecular weight is 330 g/mol. The number of alkyl halides is 2. The van der Waals surface area contributed by atoms with Crippen molar-refractivity contribution in [1.82, 2.24) is 0 Å². The molecule has 0 atom stereocenters. The molecule has 0 saturated heterocycles. The summed E-state index contributed by atoms with van der Waals surface area (Å²) in [6, 6.07) is 4.67. The molecule has 0 radical (unpaired) electrons. The number of Topliss-reactive ketones (excluding diaryl/α,β-unsaturated/α-hetero) is 1. The zero-order valence-corrected chi connectivity index (χ0v) is 15.0. The third kappa shape index (κ3) is 4.88. The van der Waals surface area contributed by atoms with Crippen LogP contribution in [-0.4, -0.2) is 20.7 Å². The van der Waals surface area contributed by atoms with Crippen LogP contribution in [0.3, 0.4) is 0 Å². The second-order valence-electron chi connectivity index (χ2n) is 6.81. The van der Waals surface area contributed by atoms with Gasteiger partial charge in [0, 0.05) is 0 Å². The van der Waals surface area contributed by atoms with Crippen molar-refractivity contribution in [3.05, 3.63) is 29.3 Å². The molecule has 1 rings (SSSR count). The van der Waals surface area contributed by atoms with E-state index in [0.717, 1.165) is 0 Å². The van der Waals surface area contributed by atoms with Crippen molar-refractivity contribution in [3.63, 3.8) is 0 Å². The smallest absolute Gasteiger partial charge is 0.387 e. The van der Waals surface area contributed by atoms with Crippen LogP contribution >= 0.6 is 0 Å². The molecule has 124 valence electrons. The van der Waals surface area contributed by atoms with Crippen molar-refractivity contribution in [2.24, 2.45) is 0 Å². The highest BCUT2D eigenvalue weighted by Gasteiger charge is 2.37. The van der Waals surface area contributed by atoms with E-state index in [0.29, 0.717) is 12.2 Å². The van der Waals surface area contributed by atoms with Crippen LogP contribution in [0.5, 0.6) is 5.75 Å². The molecule has 0 aromatic heterocycles. The quantitative estimate of drug-likeness (QED) is 0.543. The monoisotopic (exact) mass is 330 g/mol. The number of benzene rings is 1. The van der Waals surface area contributed by atoms with Crippen LogP contribution in [0.4, 0.5) is 8.78 Å². The van der Waals surface area contributed by atoms with E-state index in [1.54, 1.807) is 6.07 Å². The SMILES string of the molecule is CC(=O)c1ccc(CO[Si](C)(C)C(C)(C)C)cc1OC(F)F. The van der Waals surface area contributed by atoms with E-state index >= 15 is 0 Å². The Morgan fingerprint density at radius 3 is 2.32 bits per heavy atom. The van der Waals surface area contributed by atoms with Gasteiger partial charge in [0.2, 0.25) is 0 Å². The highest BCUT2D eigenvalue weighted by atomic mass is 28.4. The first kappa shape index (κ1) is 18.8. The van der Waals surface area contributed by atoms with Gasteiger partial charge in [-0.05, 0) is 42.8 Å². The second kappa shape index (κ2) is 6.87. The van der Waals surface area contributed by atoms with Crippen LogP contribution < -0.4 is 4.74 Å². The van der Waals surface area contributed by atoms with Gasteiger partial charge in [-0.2, -0.15) is 8.78 Å². The molecule has 0 aliphatic heterocycles. The van der Waals surface area contributed by atoms with Crippen molar-refractivity contribution in [1.29, 1.82) is 0 Å². The van der Waals surface area contributed by atoms with Crippen molar-refractivity contribution in [2.75, 3.05) is 0 Å². The minimum atomic E-state index is -2.96. The number of carbonyl (C=O) groups is 1. The number of hydrogen-bond donors (Lipinski definition) is 0. The molecule has 0 bridgehead atoms. The lowest BCUT2D eigenvalue weighted by Gasteiger charge is -2.36. The van der Waals surface area contributed by atoms with Gasteiger partial charge < -0.3 is 9.16 Å². The topological polar surface area (TPSA) is 35.5 Å². The summed E-state index contributed by atoms with van der Waals surface area (Å²) in [7, 11) is -1.93. The molecule has 0 aliphatic carbocycles. The molecule has 0 saturated carbocycles. The molecular formula is C16H24F2O3Si. The summed E-state index contributed by atoms with van der Waals surface area (Å²) in [6.45, 7) is 9.29. The lowest BCUT2D eigenvalue weighted by molar-refractivity contribution is -0.0502. The molecule has 1 aromatic carbocycles. The minimum absolute atomic E-state index is 0.0641. The largest absolute Gasteiger partial charge is 0.434 e. The van der Waals surface area contributed by atoms with E-state index in [4.69, 9.17) is 4.43 Å². The Bertz CT molecular complexity index is 537. The molecule has 0 unspecified atom stereocenters. The predicted octanol–water partition coefficient (Wildman–Crippen LogP) is 5.01. The summed E-state index contributed by atoms with van der Waals surface area (Å²) in [5.41, 5.74) is 0.863. The Kier molecular flexibility index (Phi) is 5.87. The zero-order valence-electron chi connectivity index (χ0n) is 14.0. The summed E-state index contributed by atoms with van der Waals surface area (Å²) in [6.07, 6.45) is 0. The molecule has 0 fully saturated rings. The standard InChI is InChI=1S/C16H24F2O3Si/c1-11(19)13-8-7-12(9-14(13)21-15(17)18)10-20-22(5,6)16(2,3)4/h7-9,15H,10H2,1-6H3. The Labute approximate surface area is 131 Å². The van der Waals surface area contributed by atoms with Gasteiger partial charge in [-0.1, -0.05) is 26.8 Å². The Hall–Kier alpha value is -1.27. The van der Waals surface area contributed by atoms with Crippen LogP contribution in [0.1, 0.15) is 43.6 Å². The van der Waals surface area contributed by atoms with Gasteiger partial charge in [-0.25, -0.2) is 0 Å². The third-order valence-corrected chi connectivity index (χ3v) is 8.53. The van der Waals surface area contributed by atoms with Crippen LogP contribution in [0.2, 0.25) is 18.1 Å². The molecule has 6 heteroatoms. The van der Waals surface area contributed by atoms with Gasteiger partial charge in [-0.15, -0.1) is 0 Å². The minimum Gasteiger partial charge on any atom is -0.434 e. The van der Waals surface area contributed by atoms with E-state index < -0.39 is 14.9 Å². The Balaban J connectivity index is 2.96. The summed E-state index contributed by atoms with van der Waals surface area (Å²) in [5, 5.41) is 0.0641. The second-order valence-corrected chi connectivity index (χ2v) is 11.6. The summed E-state index contributed by atoms with van der Waals surface area (Å²) in [4.78, 5) is 11.5. The summed E-state index contributed by atoms with van der Waals surface area (Å²) < 4.78 is 35.4. The molecule has 0 amide bonds. The van der Waals surface area contributed by atoms with Crippen LogP contribution in [-0.2, 0) is 11.0 Å². The predicted molar refractivity (Wildman–Crippen MR) is 85.1 cm³/mol. The van der Waals surface area contributed by atoms with Crippen molar-refractivity contribution >= 4 is 14.1 Å². The first-order chi connectivity index (χ1) is 9.94.